The fourth-order valence-corrected chi connectivity index (χ4v) is 3.89. The summed E-state index contributed by atoms with van der Waals surface area (Å²) in [6, 6.07) is 9.31. The van der Waals surface area contributed by atoms with Gasteiger partial charge in [-0.2, -0.15) is 0 Å². The highest BCUT2D eigenvalue weighted by Gasteiger charge is 2.19. The third-order valence-electron chi connectivity index (χ3n) is 3.66. The van der Waals surface area contributed by atoms with E-state index in [0.29, 0.717) is 11.4 Å². The molecule has 1 amide bonds. The number of nitrogens with one attached hydrogen (secondary N) is 2. The van der Waals surface area contributed by atoms with Gasteiger partial charge in [0.05, 0.1) is 10.6 Å². The number of sulfonamides is 1. The van der Waals surface area contributed by atoms with E-state index in [1.807, 2.05) is 6.92 Å². The first-order chi connectivity index (χ1) is 12.2. The summed E-state index contributed by atoms with van der Waals surface area (Å²) in [4.78, 5) is 12.0. The summed E-state index contributed by atoms with van der Waals surface area (Å²) >= 11 is 5.83. The molecule has 0 aliphatic carbocycles. The Labute approximate surface area is 157 Å². The zero-order chi connectivity index (χ0) is 19.3. The van der Waals surface area contributed by atoms with Crippen LogP contribution >= 0.6 is 11.6 Å². The lowest BCUT2D eigenvalue weighted by Gasteiger charge is -2.14. The summed E-state index contributed by atoms with van der Waals surface area (Å²) in [7, 11) is -3.83. The Morgan fingerprint density at radius 2 is 1.96 bits per heavy atom. The van der Waals surface area contributed by atoms with E-state index in [1.54, 1.807) is 19.1 Å². The molecule has 0 spiro atoms. The van der Waals surface area contributed by atoms with E-state index in [2.05, 4.69) is 10.0 Å². The van der Waals surface area contributed by atoms with Gasteiger partial charge < -0.3 is 5.32 Å². The predicted octanol–water partition coefficient (Wildman–Crippen LogP) is 4.20. The highest BCUT2D eigenvalue weighted by molar-refractivity contribution is 7.89. The average Bonchev–Trinajstić information content (AvgIpc) is 2.56. The van der Waals surface area contributed by atoms with Crippen molar-refractivity contribution in [3.05, 3.63) is 58.9 Å². The van der Waals surface area contributed by atoms with Gasteiger partial charge in [0.15, 0.2) is 0 Å². The number of hydrogen-bond acceptors (Lipinski definition) is 3. The molecule has 0 bridgehead atoms. The second-order valence-corrected chi connectivity index (χ2v) is 8.07. The molecule has 26 heavy (non-hydrogen) atoms. The average molecular weight is 399 g/mol. The number of halogens is 2. The standard InChI is InChI=1S/C18H20ClFN2O3S/c1-3-5-12(2)22-26(24,25)15-8-9-17(16(20)11-15)21-18(23)13-6-4-7-14(19)10-13/h4,6-12,22H,3,5H2,1-2H3,(H,21,23). The zero-order valence-electron chi connectivity index (χ0n) is 14.4. The maximum atomic E-state index is 14.3. The summed E-state index contributed by atoms with van der Waals surface area (Å²) in [5.41, 5.74) is 0.152. The molecule has 140 valence electrons. The Kier molecular flexibility index (Phi) is 6.75. The molecule has 0 aromatic heterocycles. The van der Waals surface area contributed by atoms with E-state index in [0.717, 1.165) is 12.5 Å². The molecule has 0 aliphatic rings. The first kappa shape index (κ1) is 20.4. The maximum absolute atomic E-state index is 14.3. The molecule has 5 nitrogen and oxygen atoms in total. The minimum Gasteiger partial charge on any atom is -0.319 e. The number of carbonyl (C=O) groups excluding carboxylic acids is 1. The quantitative estimate of drug-likeness (QED) is 0.734. The number of anilines is 1. The van der Waals surface area contributed by atoms with Gasteiger partial charge in [-0.15, -0.1) is 0 Å². The highest BCUT2D eigenvalue weighted by Crippen LogP contribution is 2.21. The van der Waals surface area contributed by atoms with E-state index < -0.39 is 21.7 Å². The van der Waals surface area contributed by atoms with Crippen LogP contribution in [0.2, 0.25) is 5.02 Å². The zero-order valence-corrected chi connectivity index (χ0v) is 16.0. The van der Waals surface area contributed by atoms with Crippen LogP contribution in [-0.4, -0.2) is 20.4 Å². The number of amides is 1. The van der Waals surface area contributed by atoms with Crippen LogP contribution in [-0.2, 0) is 10.0 Å². The van der Waals surface area contributed by atoms with Crippen molar-refractivity contribution in [2.75, 3.05) is 5.32 Å². The van der Waals surface area contributed by atoms with Crippen LogP contribution in [0.25, 0.3) is 0 Å². The molecule has 2 aromatic rings. The van der Waals surface area contributed by atoms with E-state index in [-0.39, 0.29) is 22.2 Å². The first-order valence-electron chi connectivity index (χ1n) is 8.11. The van der Waals surface area contributed by atoms with Gasteiger partial charge in [-0.1, -0.05) is 31.0 Å². The predicted molar refractivity (Wildman–Crippen MR) is 100 cm³/mol. The van der Waals surface area contributed by atoms with Crippen molar-refractivity contribution in [3.63, 3.8) is 0 Å². The molecule has 0 aliphatic heterocycles. The molecule has 8 heteroatoms. The summed E-state index contributed by atoms with van der Waals surface area (Å²) in [6.45, 7) is 3.69. The summed E-state index contributed by atoms with van der Waals surface area (Å²) < 4.78 is 41.3. The van der Waals surface area contributed by atoms with Gasteiger partial charge in [-0.3, -0.25) is 4.79 Å². The van der Waals surface area contributed by atoms with E-state index in [9.17, 15) is 17.6 Å². The van der Waals surface area contributed by atoms with Gasteiger partial charge in [0.1, 0.15) is 5.82 Å². The van der Waals surface area contributed by atoms with Gasteiger partial charge in [-0.05, 0) is 49.7 Å². The van der Waals surface area contributed by atoms with Crippen molar-refractivity contribution in [2.24, 2.45) is 0 Å². The molecule has 2 N–H and O–H groups in total. The van der Waals surface area contributed by atoms with Crippen LogP contribution in [0.15, 0.2) is 47.4 Å². The Bertz CT molecular complexity index is 903. The smallest absolute Gasteiger partial charge is 0.255 e. The molecule has 2 aromatic carbocycles. The lowest BCUT2D eigenvalue weighted by molar-refractivity contribution is 0.102. The molecule has 0 heterocycles. The fraction of sp³-hybridized carbons (Fsp3) is 0.278. The Morgan fingerprint density at radius 3 is 2.58 bits per heavy atom. The third kappa shape index (κ3) is 5.27. The van der Waals surface area contributed by atoms with Crippen molar-refractivity contribution >= 4 is 33.2 Å². The Balaban J connectivity index is 2.18. The number of benzene rings is 2. The maximum Gasteiger partial charge on any atom is 0.255 e. The van der Waals surface area contributed by atoms with Crippen LogP contribution in [0.4, 0.5) is 10.1 Å². The molecule has 1 unspecified atom stereocenters. The second kappa shape index (κ2) is 8.62. The number of rotatable bonds is 7. The molecular weight excluding hydrogens is 379 g/mol. The van der Waals surface area contributed by atoms with Crippen LogP contribution in [0.1, 0.15) is 37.0 Å². The number of carbonyl (C=O) groups is 1. The summed E-state index contributed by atoms with van der Waals surface area (Å²) in [6.07, 6.45) is 1.50. The summed E-state index contributed by atoms with van der Waals surface area (Å²) in [5, 5.41) is 2.79. The van der Waals surface area contributed by atoms with Crippen molar-refractivity contribution < 1.29 is 17.6 Å². The monoisotopic (exact) mass is 398 g/mol. The third-order valence-corrected chi connectivity index (χ3v) is 5.49. The highest BCUT2D eigenvalue weighted by atomic mass is 35.5. The van der Waals surface area contributed by atoms with Gasteiger partial charge >= 0.3 is 0 Å². The normalized spacial score (nSPS) is 12.6. The van der Waals surface area contributed by atoms with Gasteiger partial charge in [0.25, 0.3) is 5.91 Å². The minimum absolute atomic E-state index is 0.115. The van der Waals surface area contributed by atoms with Gasteiger partial charge in [-0.25, -0.2) is 17.5 Å². The van der Waals surface area contributed by atoms with Crippen molar-refractivity contribution in [2.45, 2.75) is 37.6 Å². The lowest BCUT2D eigenvalue weighted by Crippen LogP contribution is -2.32. The molecule has 0 saturated heterocycles. The number of hydrogen-bond donors (Lipinski definition) is 2. The van der Waals surface area contributed by atoms with E-state index in [1.165, 1.54) is 24.3 Å². The van der Waals surface area contributed by atoms with Gasteiger partial charge in [0, 0.05) is 16.6 Å². The topological polar surface area (TPSA) is 75.3 Å². The second-order valence-electron chi connectivity index (χ2n) is 5.92. The Hall–Kier alpha value is -1.96. The van der Waals surface area contributed by atoms with Crippen molar-refractivity contribution in [3.8, 4) is 0 Å². The fourth-order valence-electron chi connectivity index (χ4n) is 2.41. The summed E-state index contributed by atoms with van der Waals surface area (Å²) in [5.74, 6) is -1.39. The van der Waals surface area contributed by atoms with E-state index >= 15 is 0 Å². The largest absolute Gasteiger partial charge is 0.319 e. The van der Waals surface area contributed by atoms with Crippen molar-refractivity contribution in [1.82, 2.24) is 4.72 Å². The van der Waals surface area contributed by atoms with Crippen LogP contribution < -0.4 is 10.0 Å². The molecule has 0 fully saturated rings. The Morgan fingerprint density at radius 1 is 1.23 bits per heavy atom. The lowest BCUT2D eigenvalue weighted by atomic mass is 10.2. The molecule has 1 atom stereocenters. The van der Waals surface area contributed by atoms with Crippen molar-refractivity contribution in [1.29, 1.82) is 0 Å². The van der Waals surface area contributed by atoms with Crippen LogP contribution in [0.5, 0.6) is 0 Å². The van der Waals surface area contributed by atoms with Crippen LogP contribution in [0.3, 0.4) is 0 Å². The van der Waals surface area contributed by atoms with E-state index in [4.69, 9.17) is 11.6 Å². The van der Waals surface area contributed by atoms with Gasteiger partial charge in [0.2, 0.25) is 10.0 Å². The molecular formula is C18H20ClFN2O3S. The molecule has 2 rings (SSSR count). The SMILES string of the molecule is CCCC(C)NS(=O)(=O)c1ccc(NC(=O)c2cccc(Cl)c2)c(F)c1. The van der Waals surface area contributed by atoms with Crippen LogP contribution in [0, 0.1) is 5.82 Å². The molecule has 0 saturated carbocycles. The minimum atomic E-state index is -3.83. The molecule has 0 radical (unpaired) electrons. The first-order valence-corrected chi connectivity index (χ1v) is 9.98.